The van der Waals surface area contributed by atoms with Gasteiger partial charge >= 0.3 is 6.16 Å². The Bertz CT molecular complexity index is 1160. The number of fused-ring (bicyclic) bond motifs is 1. The minimum absolute atomic E-state index is 0.139. The Kier molecular flexibility index (Phi) is 8.77. The third-order valence-corrected chi connectivity index (χ3v) is 5.29. The van der Waals surface area contributed by atoms with Crippen LogP contribution >= 0.6 is 0 Å². The van der Waals surface area contributed by atoms with Crippen molar-refractivity contribution in [3.63, 3.8) is 0 Å². The summed E-state index contributed by atoms with van der Waals surface area (Å²) >= 11 is 0. The van der Waals surface area contributed by atoms with Gasteiger partial charge in [-0.05, 0) is 61.7 Å². The Labute approximate surface area is 208 Å². The fraction of sp³-hybridized carbons (Fsp3) is 0.346. The molecule has 0 aliphatic carbocycles. The van der Waals surface area contributed by atoms with E-state index < -0.39 is 6.16 Å². The lowest BCUT2D eigenvalue weighted by atomic mass is 10.1. The number of rotatable bonds is 10. The van der Waals surface area contributed by atoms with Gasteiger partial charge in [-0.25, -0.2) is 4.79 Å². The van der Waals surface area contributed by atoms with E-state index in [1.807, 2.05) is 13.8 Å². The fourth-order valence-electron chi connectivity index (χ4n) is 3.58. The summed E-state index contributed by atoms with van der Waals surface area (Å²) in [5.41, 5.74) is 1.22. The molecule has 0 unspecified atom stereocenters. The van der Waals surface area contributed by atoms with Crippen LogP contribution < -0.4 is 15.4 Å². The summed E-state index contributed by atoms with van der Waals surface area (Å²) < 4.78 is 9.64. The van der Waals surface area contributed by atoms with Crippen LogP contribution in [0, 0.1) is 5.92 Å². The molecule has 10 nitrogen and oxygen atoms in total. The van der Waals surface area contributed by atoms with Crippen molar-refractivity contribution in [3.05, 3.63) is 64.7 Å². The van der Waals surface area contributed by atoms with E-state index in [1.165, 1.54) is 47.4 Å². The molecule has 4 amide bonds. The Morgan fingerprint density at radius 3 is 2.06 bits per heavy atom. The average Bonchev–Trinajstić information content (AvgIpc) is 3.08. The molecule has 36 heavy (non-hydrogen) atoms. The van der Waals surface area contributed by atoms with Crippen molar-refractivity contribution in [2.45, 2.75) is 27.2 Å². The maximum absolute atomic E-state index is 12.6. The number of carbonyl (C=O) groups is 5. The molecule has 0 radical (unpaired) electrons. The van der Waals surface area contributed by atoms with Crippen LogP contribution in [0.4, 0.5) is 4.79 Å². The highest BCUT2D eigenvalue weighted by molar-refractivity contribution is 6.22. The summed E-state index contributed by atoms with van der Waals surface area (Å²) in [6, 6.07) is 10.5. The van der Waals surface area contributed by atoms with Crippen LogP contribution in [-0.2, 0) is 4.74 Å². The molecule has 3 rings (SSSR count). The van der Waals surface area contributed by atoms with Gasteiger partial charge in [-0.3, -0.25) is 24.1 Å². The molecule has 1 aliphatic rings. The molecule has 2 N–H and O–H groups in total. The molecule has 190 valence electrons. The standard InChI is InChI=1S/C26H29N3O7/c1-4-35-26(34)36-19-9-6-17(7-10-19)22(30)27-12-5-13-28-23(31)18-8-11-20-21(14-18)25(33)29(24(20)32)15-16(2)3/h6-11,14,16H,4-5,12-13,15H2,1-3H3,(H,27,30)(H,28,31). The topological polar surface area (TPSA) is 131 Å². The highest BCUT2D eigenvalue weighted by Crippen LogP contribution is 2.25. The Morgan fingerprint density at radius 2 is 1.44 bits per heavy atom. The lowest BCUT2D eigenvalue weighted by molar-refractivity contribution is 0.0635. The van der Waals surface area contributed by atoms with Crippen molar-refractivity contribution >= 4 is 29.8 Å². The minimum atomic E-state index is -0.815. The van der Waals surface area contributed by atoms with Crippen molar-refractivity contribution in [2.24, 2.45) is 5.92 Å². The molecule has 0 aromatic heterocycles. The van der Waals surface area contributed by atoms with Gasteiger partial charge in [0.2, 0.25) is 0 Å². The summed E-state index contributed by atoms with van der Waals surface area (Å²) in [5.74, 6) is -1.01. The molecule has 0 spiro atoms. The third kappa shape index (κ3) is 6.47. The smallest absolute Gasteiger partial charge is 0.434 e. The molecular weight excluding hydrogens is 466 g/mol. The Hall–Kier alpha value is -4.21. The van der Waals surface area contributed by atoms with Crippen molar-refractivity contribution in [2.75, 3.05) is 26.2 Å². The summed E-state index contributed by atoms with van der Waals surface area (Å²) in [4.78, 5) is 62.3. The van der Waals surface area contributed by atoms with Crippen molar-refractivity contribution in [3.8, 4) is 5.75 Å². The van der Waals surface area contributed by atoms with Gasteiger partial charge in [0.25, 0.3) is 23.6 Å². The number of carbonyl (C=O) groups excluding carboxylic acids is 5. The Morgan fingerprint density at radius 1 is 0.861 bits per heavy atom. The lowest BCUT2D eigenvalue weighted by Gasteiger charge is -2.15. The van der Waals surface area contributed by atoms with Crippen LogP contribution in [-0.4, -0.2) is 60.9 Å². The molecule has 0 saturated carbocycles. The van der Waals surface area contributed by atoms with E-state index >= 15 is 0 Å². The van der Waals surface area contributed by atoms with E-state index in [4.69, 9.17) is 4.74 Å². The molecule has 1 aliphatic heterocycles. The third-order valence-electron chi connectivity index (χ3n) is 5.29. The van der Waals surface area contributed by atoms with Gasteiger partial charge in [-0.1, -0.05) is 13.8 Å². The molecular formula is C26H29N3O7. The first-order valence-electron chi connectivity index (χ1n) is 11.7. The van der Waals surface area contributed by atoms with Crippen LogP contribution in [0.5, 0.6) is 5.75 Å². The molecule has 1 heterocycles. The number of imide groups is 1. The van der Waals surface area contributed by atoms with Gasteiger partial charge in [0.1, 0.15) is 5.75 Å². The molecule has 0 atom stereocenters. The van der Waals surface area contributed by atoms with Crippen molar-refractivity contribution in [1.82, 2.24) is 15.5 Å². The maximum Gasteiger partial charge on any atom is 0.513 e. The summed E-state index contributed by atoms with van der Waals surface area (Å²) in [7, 11) is 0. The molecule has 2 aromatic rings. The SMILES string of the molecule is CCOC(=O)Oc1ccc(C(=O)NCCCNC(=O)c2ccc3c(c2)C(=O)N(CC(C)C)C3=O)cc1. The maximum atomic E-state index is 12.6. The fourth-order valence-corrected chi connectivity index (χ4v) is 3.58. The first-order valence-corrected chi connectivity index (χ1v) is 11.7. The lowest BCUT2D eigenvalue weighted by Crippen LogP contribution is -2.33. The first-order chi connectivity index (χ1) is 17.2. The van der Waals surface area contributed by atoms with E-state index in [9.17, 15) is 24.0 Å². The molecule has 0 saturated heterocycles. The van der Waals surface area contributed by atoms with Crippen LogP contribution in [0.1, 0.15) is 68.6 Å². The number of ether oxygens (including phenoxy) is 2. The van der Waals surface area contributed by atoms with Gasteiger partial charge < -0.3 is 20.1 Å². The number of hydrogen-bond donors (Lipinski definition) is 2. The predicted octanol–water partition coefficient (Wildman–Crippen LogP) is 3.02. The molecule has 0 fully saturated rings. The predicted molar refractivity (Wildman–Crippen MR) is 130 cm³/mol. The number of nitrogens with zero attached hydrogens (tertiary/aromatic N) is 1. The van der Waals surface area contributed by atoms with Crippen LogP contribution in [0.15, 0.2) is 42.5 Å². The Balaban J connectivity index is 1.43. The number of nitrogens with one attached hydrogen (secondary N) is 2. The van der Waals surface area contributed by atoms with Gasteiger partial charge in [-0.15, -0.1) is 0 Å². The molecule has 0 bridgehead atoms. The van der Waals surface area contributed by atoms with Gasteiger partial charge in [-0.2, -0.15) is 0 Å². The van der Waals surface area contributed by atoms with Crippen LogP contribution in [0.3, 0.4) is 0 Å². The van der Waals surface area contributed by atoms with E-state index in [1.54, 1.807) is 6.92 Å². The quantitative estimate of drug-likeness (QED) is 0.224. The zero-order valence-corrected chi connectivity index (χ0v) is 20.5. The average molecular weight is 496 g/mol. The zero-order chi connectivity index (χ0) is 26.2. The van der Waals surface area contributed by atoms with Gasteiger partial charge in [0, 0.05) is 30.8 Å². The second kappa shape index (κ2) is 12.0. The minimum Gasteiger partial charge on any atom is -0.434 e. The summed E-state index contributed by atoms with van der Waals surface area (Å²) in [6.45, 7) is 6.65. The highest BCUT2D eigenvalue weighted by atomic mass is 16.7. The number of hydrogen-bond acceptors (Lipinski definition) is 7. The molecule has 2 aromatic carbocycles. The molecule has 10 heteroatoms. The van der Waals surface area contributed by atoms with Crippen molar-refractivity contribution < 1.29 is 33.4 Å². The number of amides is 4. The van der Waals surface area contributed by atoms with E-state index in [2.05, 4.69) is 15.4 Å². The van der Waals surface area contributed by atoms with Crippen LogP contribution in [0.25, 0.3) is 0 Å². The normalized spacial score (nSPS) is 12.4. The highest BCUT2D eigenvalue weighted by Gasteiger charge is 2.36. The van der Waals surface area contributed by atoms with Crippen molar-refractivity contribution in [1.29, 1.82) is 0 Å². The second-order valence-corrected chi connectivity index (χ2v) is 8.55. The van der Waals surface area contributed by atoms with E-state index in [-0.39, 0.29) is 53.0 Å². The van der Waals surface area contributed by atoms with E-state index in [0.717, 1.165) is 0 Å². The summed E-state index contributed by atoms with van der Waals surface area (Å²) in [6.07, 6.45) is -0.337. The first kappa shape index (κ1) is 26.4. The second-order valence-electron chi connectivity index (χ2n) is 8.55. The summed E-state index contributed by atoms with van der Waals surface area (Å²) in [5, 5.41) is 5.50. The van der Waals surface area contributed by atoms with Crippen LogP contribution in [0.2, 0.25) is 0 Å². The van der Waals surface area contributed by atoms with Gasteiger partial charge in [0.05, 0.1) is 17.7 Å². The van der Waals surface area contributed by atoms with Gasteiger partial charge in [0.15, 0.2) is 0 Å². The number of benzene rings is 2. The monoisotopic (exact) mass is 495 g/mol. The van der Waals surface area contributed by atoms with E-state index in [0.29, 0.717) is 37.2 Å². The largest absolute Gasteiger partial charge is 0.513 e. The zero-order valence-electron chi connectivity index (χ0n) is 20.5.